The van der Waals surface area contributed by atoms with Crippen molar-refractivity contribution in [3.05, 3.63) is 11.6 Å². The van der Waals surface area contributed by atoms with Crippen molar-refractivity contribution in [2.24, 2.45) is 0 Å². The van der Waals surface area contributed by atoms with E-state index in [4.69, 9.17) is 0 Å². The molecule has 0 heterocycles. The van der Waals surface area contributed by atoms with Gasteiger partial charge in [0.1, 0.15) is 0 Å². The minimum Gasteiger partial charge on any atom is -0.294 e. The van der Waals surface area contributed by atoms with Gasteiger partial charge in [-0.1, -0.05) is 19.4 Å². The van der Waals surface area contributed by atoms with Crippen LogP contribution in [0.2, 0.25) is 0 Å². The summed E-state index contributed by atoms with van der Waals surface area (Å²) in [5.41, 5.74) is 0.591. The number of hydrogen-bond donors (Lipinski definition) is 0. The van der Waals surface area contributed by atoms with Crippen LogP contribution < -0.4 is 0 Å². The lowest BCUT2D eigenvalue weighted by molar-refractivity contribution is -0.250. The van der Waals surface area contributed by atoms with Crippen molar-refractivity contribution in [2.75, 3.05) is 7.11 Å². The molecule has 0 aromatic rings. The third kappa shape index (κ3) is 4.56. The number of hydrogen-bond acceptors (Lipinski definition) is 3. The van der Waals surface area contributed by atoms with Crippen LogP contribution in [0.25, 0.3) is 0 Å². The summed E-state index contributed by atoms with van der Waals surface area (Å²) in [7, 11) is 1.31. The Balaban J connectivity index is 3.80. The average Bonchev–Trinajstić information content (AvgIpc) is 2.00. The second kappa shape index (κ2) is 5.92. The molecule has 0 rings (SSSR count). The predicted molar refractivity (Wildman–Crippen MR) is 41.8 cm³/mol. The quantitative estimate of drug-likeness (QED) is 0.356. The predicted octanol–water partition coefficient (Wildman–Crippen LogP) is 1.84. The molecule has 0 fully saturated rings. The second-order valence-corrected chi connectivity index (χ2v) is 2.21. The normalized spacial score (nSPS) is 11.4. The summed E-state index contributed by atoms with van der Waals surface area (Å²) in [6, 6.07) is 0. The van der Waals surface area contributed by atoms with E-state index in [0.29, 0.717) is 5.57 Å². The molecule has 0 aliphatic rings. The summed E-state index contributed by atoms with van der Waals surface area (Å²) in [5.74, 6) is -0.416. The number of unbranched alkanes of at least 4 members (excludes halogenated alkanes) is 1. The molecule has 64 valence electrons. The summed E-state index contributed by atoms with van der Waals surface area (Å²) in [6.07, 6.45) is 3.75. The van der Waals surface area contributed by atoms with Crippen molar-refractivity contribution in [3.8, 4) is 0 Å². The number of rotatable bonds is 4. The second-order valence-electron chi connectivity index (χ2n) is 2.21. The molecule has 0 atom stereocenters. The Labute approximate surface area is 66.9 Å². The Bertz CT molecular complexity index is 149. The smallest absolute Gasteiger partial charge is 0.294 e. The molecule has 3 heteroatoms. The lowest BCUT2D eigenvalue weighted by atomic mass is 10.2. The van der Waals surface area contributed by atoms with Gasteiger partial charge in [0, 0.05) is 5.57 Å². The zero-order valence-corrected chi connectivity index (χ0v) is 7.22. The molecular weight excluding hydrogens is 144 g/mol. The molecule has 0 aliphatic carbocycles. The van der Waals surface area contributed by atoms with E-state index in [1.54, 1.807) is 6.92 Å². The standard InChI is InChI=1S/C8H14O3/c1-4-5-6-7(2)8(9)11-10-3/h6H,4-5H2,1-3H3. The molecule has 0 N–H and O–H groups in total. The molecule has 0 radical (unpaired) electrons. The molecule has 0 aromatic heterocycles. The summed E-state index contributed by atoms with van der Waals surface area (Å²) < 4.78 is 0. The van der Waals surface area contributed by atoms with Gasteiger partial charge in [0.2, 0.25) is 0 Å². The molecule has 0 saturated carbocycles. The Morgan fingerprint density at radius 3 is 2.64 bits per heavy atom. The molecule has 11 heavy (non-hydrogen) atoms. The Hall–Kier alpha value is -0.830. The van der Waals surface area contributed by atoms with Gasteiger partial charge < -0.3 is 0 Å². The highest BCUT2D eigenvalue weighted by atomic mass is 17.2. The maximum atomic E-state index is 10.8. The molecule has 0 aliphatic heterocycles. The van der Waals surface area contributed by atoms with E-state index < -0.39 is 5.97 Å². The van der Waals surface area contributed by atoms with Gasteiger partial charge in [-0.25, -0.2) is 4.79 Å². The van der Waals surface area contributed by atoms with E-state index >= 15 is 0 Å². The lowest BCUT2D eigenvalue weighted by Crippen LogP contribution is -2.04. The van der Waals surface area contributed by atoms with Crippen LogP contribution in [-0.4, -0.2) is 13.1 Å². The monoisotopic (exact) mass is 158 g/mol. The SMILES string of the molecule is CCCC=C(C)C(=O)OOC. The van der Waals surface area contributed by atoms with Crippen molar-refractivity contribution in [1.29, 1.82) is 0 Å². The van der Waals surface area contributed by atoms with Crippen LogP contribution in [0.1, 0.15) is 26.7 Å². The number of allylic oxidation sites excluding steroid dienone is 1. The molecule has 3 nitrogen and oxygen atoms in total. The fraction of sp³-hybridized carbons (Fsp3) is 0.625. The van der Waals surface area contributed by atoms with Crippen molar-refractivity contribution >= 4 is 5.97 Å². The van der Waals surface area contributed by atoms with Crippen LogP contribution >= 0.6 is 0 Å². The minimum atomic E-state index is -0.416. The minimum absolute atomic E-state index is 0.416. The van der Waals surface area contributed by atoms with E-state index in [2.05, 4.69) is 9.78 Å². The molecule has 0 unspecified atom stereocenters. The highest BCUT2D eigenvalue weighted by Crippen LogP contribution is 2.00. The van der Waals surface area contributed by atoms with Gasteiger partial charge in [-0.05, 0) is 13.3 Å². The van der Waals surface area contributed by atoms with Crippen LogP contribution in [0.15, 0.2) is 11.6 Å². The molecule has 0 amide bonds. The Morgan fingerprint density at radius 2 is 2.18 bits per heavy atom. The summed E-state index contributed by atoms with van der Waals surface area (Å²) in [4.78, 5) is 19.3. The molecular formula is C8H14O3. The van der Waals surface area contributed by atoms with E-state index in [-0.39, 0.29) is 0 Å². The highest BCUT2D eigenvalue weighted by Gasteiger charge is 2.03. The summed E-state index contributed by atoms with van der Waals surface area (Å²) in [5, 5.41) is 0. The fourth-order valence-corrected chi connectivity index (χ4v) is 0.586. The van der Waals surface area contributed by atoms with Crippen LogP contribution in [-0.2, 0) is 14.6 Å². The molecule has 0 saturated heterocycles. The van der Waals surface area contributed by atoms with Crippen LogP contribution in [0, 0.1) is 0 Å². The highest BCUT2D eigenvalue weighted by molar-refractivity contribution is 5.87. The van der Waals surface area contributed by atoms with Crippen molar-refractivity contribution < 1.29 is 14.6 Å². The Morgan fingerprint density at radius 1 is 1.55 bits per heavy atom. The van der Waals surface area contributed by atoms with Crippen LogP contribution in [0.4, 0.5) is 0 Å². The van der Waals surface area contributed by atoms with Gasteiger partial charge in [0.05, 0.1) is 7.11 Å². The van der Waals surface area contributed by atoms with Gasteiger partial charge in [0.25, 0.3) is 0 Å². The molecule has 0 spiro atoms. The number of carbonyl (C=O) groups excluding carboxylic acids is 1. The summed E-state index contributed by atoms with van der Waals surface area (Å²) >= 11 is 0. The maximum absolute atomic E-state index is 10.8. The van der Waals surface area contributed by atoms with Crippen molar-refractivity contribution in [1.82, 2.24) is 0 Å². The van der Waals surface area contributed by atoms with Gasteiger partial charge >= 0.3 is 5.97 Å². The van der Waals surface area contributed by atoms with Crippen LogP contribution in [0.3, 0.4) is 0 Å². The molecule has 0 bridgehead atoms. The average molecular weight is 158 g/mol. The number of carbonyl (C=O) groups is 1. The van der Waals surface area contributed by atoms with Crippen molar-refractivity contribution in [3.63, 3.8) is 0 Å². The zero-order valence-electron chi connectivity index (χ0n) is 7.22. The van der Waals surface area contributed by atoms with E-state index in [0.717, 1.165) is 12.8 Å². The van der Waals surface area contributed by atoms with Gasteiger partial charge in [-0.3, -0.25) is 4.89 Å². The first kappa shape index (κ1) is 10.2. The van der Waals surface area contributed by atoms with Gasteiger partial charge in [0.15, 0.2) is 0 Å². The first-order chi connectivity index (χ1) is 5.22. The van der Waals surface area contributed by atoms with E-state index in [1.165, 1.54) is 7.11 Å². The summed E-state index contributed by atoms with van der Waals surface area (Å²) in [6.45, 7) is 3.75. The maximum Gasteiger partial charge on any atom is 0.368 e. The topological polar surface area (TPSA) is 35.5 Å². The third-order valence-electron chi connectivity index (χ3n) is 1.22. The third-order valence-corrected chi connectivity index (χ3v) is 1.22. The van der Waals surface area contributed by atoms with Crippen LogP contribution in [0.5, 0.6) is 0 Å². The van der Waals surface area contributed by atoms with Gasteiger partial charge in [-0.2, -0.15) is 4.89 Å². The van der Waals surface area contributed by atoms with E-state index in [1.807, 2.05) is 13.0 Å². The van der Waals surface area contributed by atoms with Crippen molar-refractivity contribution in [2.45, 2.75) is 26.7 Å². The lowest BCUT2D eigenvalue weighted by Gasteiger charge is -1.98. The largest absolute Gasteiger partial charge is 0.368 e. The fourth-order valence-electron chi connectivity index (χ4n) is 0.586. The Kier molecular flexibility index (Phi) is 5.47. The van der Waals surface area contributed by atoms with Gasteiger partial charge in [-0.15, -0.1) is 0 Å². The first-order valence-corrected chi connectivity index (χ1v) is 3.64. The molecule has 0 aromatic carbocycles. The first-order valence-electron chi connectivity index (χ1n) is 3.64. The van der Waals surface area contributed by atoms with E-state index in [9.17, 15) is 4.79 Å². The zero-order chi connectivity index (χ0) is 8.69.